The Hall–Kier alpha value is -1.81. The first-order valence-corrected chi connectivity index (χ1v) is 5.60. The Bertz CT molecular complexity index is 510. The molecule has 88 valence electrons. The molecule has 0 fully saturated rings. The van der Waals surface area contributed by atoms with Gasteiger partial charge in [-0.25, -0.2) is 4.98 Å². The van der Waals surface area contributed by atoms with Crippen LogP contribution in [0, 0.1) is 6.92 Å². The van der Waals surface area contributed by atoms with E-state index in [4.69, 9.17) is 17.3 Å². The van der Waals surface area contributed by atoms with Crippen LogP contribution in [-0.4, -0.2) is 9.97 Å². The van der Waals surface area contributed by atoms with E-state index in [0.29, 0.717) is 6.54 Å². The third-order valence-electron chi connectivity index (χ3n) is 2.36. The molecule has 0 saturated carbocycles. The SMILES string of the molecule is Cc1cnc(N)nc1NCc1ccc(Cl)cc1. The molecule has 1 aromatic heterocycles. The molecule has 0 saturated heterocycles. The molecule has 0 aliphatic carbocycles. The van der Waals surface area contributed by atoms with Gasteiger partial charge in [0.1, 0.15) is 5.82 Å². The number of aryl methyl sites for hydroxylation is 1. The molecule has 1 aromatic carbocycles. The molecule has 4 nitrogen and oxygen atoms in total. The fraction of sp³-hybridized carbons (Fsp3) is 0.167. The van der Waals surface area contributed by atoms with E-state index in [1.807, 2.05) is 31.2 Å². The smallest absolute Gasteiger partial charge is 0.221 e. The van der Waals surface area contributed by atoms with Gasteiger partial charge < -0.3 is 11.1 Å². The number of rotatable bonds is 3. The Labute approximate surface area is 105 Å². The largest absolute Gasteiger partial charge is 0.368 e. The van der Waals surface area contributed by atoms with Crippen LogP contribution in [0.15, 0.2) is 30.5 Å². The number of nitrogens with one attached hydrogen (secondary N) is 1. The quantitative estimate of drug-likeness (QED) is 0.877. The van der Waals surface area contributed by atoms with Crippen molar-refractivity contribution in [3.05, 3.63) is 46.6 Å². The van der Waals surface area contributed by atoms with Crippen molar-refractivity contribution in [2.45, 2.75) is 13.5 Å². The molecule has 17 heavy (non-hydrogen) atoms. The molecule has 0 bridgehead atoms. The van der Waals surface area contributed by atoms with E-state index in [9.17, 15) is 0 Å². The maximum atomic E-state index is 5.82. The molecule has 0 aliphatic rings. The molecule has 0 radical (unpaired) electrons. The predicted octanol–water partition coefficient (Wildman–Crippen LogP) is 2.63. The highest BCUT2D eigenvalue weighted by Gasteiger charge is 2.01. The monoisotopic (exact) mass is 248 g/mol. The summed E-state index contributed by atoms with van der Waals surface area (Å²) in [6.07, 6.45) is 1.70. The van der Waals surface area contributed by atoms with Gasteiger partial charge in [-0.3, -0.25) is 0 Å². The van der Waals surface area contributed by atoms with Crippen LogP contribution in [0.25, 0.3) is 0 Å². The van der Waals surface area contributed by atoms with Gasteiger partial charge in [0, 0.05) is 23.3 Å². The van der Waals surface area contributed by atoms with Crippen LogP contribution in [0.3, 0.4) is 0 Å². The second kappa shape index (κ2) is 5.01. The lowest BCUT2D eigenvalue weighted by Gasteiger charge is -2.08. The van der Waals surface area contributed by atoms with Crippen LogP contribution in [0.2, 0.25) is 5.02 Å². The van der Waals surface area contributed by atoms with Gasteiger partial charge in [-0.2, -0.15) is 4.98 Å². The van der Waals surface area contributed by atoms with Crippen LogP contribution < -0.4 is 11.1 Å². The van der Waals surface area contributed by atoms with Crippen LogP contribution in [0.4, 0.5) is 11.8 Å². The highest BCUT2D eigenvalue weighted by molar-refractivity contribution is 6.30. The summed E-state index contributed by atoms with van der Waals surface area (Å²) >= 11 is 5.82. The topological polar surface area (TPSA) is 63.8 Å². The van der Waals surface area contributed by atoms with Crippen molar-refractivity contribution in [2.24, 2.45) is 0 Å². The summed E-state index contributed by atoms with van der Waals surface area (Å²) in [5.41, 5.74) is 7.63. The van der Waals surface area contributed by atoms with E-state index in [1.54, 1.807) is 6.20 Å². The molecule has 1 heterocycles. The number of hydrogen-bond acceptors (Lipinski definition) is 4. The zero-order valence-corrected chi connectivity index (χ0v) is 10.2. The van der Waals surface area contributed by atoms with Crippen LogP contribution >= 0.6 is 11.6 Å². The second-order valence-electron chi connectivity index (χ2n) is 3.74. The average Bonchev–Trinajstić information content (AvgIpc) is 2.32. The van der Waals surface area contributed by atoms with Crippen molar-refractivity contribution in [3.63, 3.8) is 0 Å². The van der Waals surface area contributed by atoms with Gasteiger partial charge in [0.05, 0.1) is 0 Å². The molecular formula is C12H13ClN4. The van der Waals surface area contributed by atoms with Crippen molar-refractivity contribution in [3.8, 4) is 0 Å². The van der Waals surface area contributed by atoms with Gasteiger partial charge in [-0.05, 0) is 24.6 Å². The molecule has 0 spiro atoms. The molecule has 2 rings (SSSR count). The maximum absolute atomic E-state index is 5.82. The minimum absolute atomic E-state index is 0.272. The summed E-state index contributed by atoms with van der Waals surface area (Å²) in [6.45, 7) is 2.61. The summed E-state index contributed by atoms with van der Waals surface area (Å²) in [7, 11) is 0. The highest BCUT2D eigenvalue weighted by atomic mass is 35.5. The Morgan fingerprint density at radius 2 is 2.00 bits per heavy atom. The molecule has 3 N–H and O–H groups in total. The van der Waals surface area contributed by atoms with E-state index in [-0.39, 0.29) is 5.95 Å². The predicted molar refractivity (Wildman–Crippen MR) is 70.0 cm³/mol. The van der Waals surface area contributed by atoms with E-state index < -0.39 is 0 Å². The van der Waals surface area contributed by atoms with Gasteiger partial charge in [-0.1, -0.05) is 23.7 Å². The number of benzene rings is 1. The second-order valence-corrected chi connectivity index (χ2v) is 4.18. The van der Waals surface area contributed by atoms with Crippen LogP contribution in [0.1, 0.15) is 11.1 Å². The lowest BCUT2D eigenvalue weighted by Crippen LogP contribution is -2.06. The Morgan fingerprint density at radius 1 is 1.29 bits per heavy atom. The van der Waals surface area contributed by atoms with Gasteiger partial charge >= 0.3 is 0 Å². The number of halogens is 1. The average molecular weight is 249 g/mol. The van der Waals surface area contributed by atoms with Crippen molar-refractivity contribution < 1.29 is 0 Å². The number of anilines is 2. The van der Waals surface area contributed by atoms with E-state index >= 15 is 0 Å². The summed E-state index contributed by atoms with van der Waals surface area (Å²) in [6, 6.07) is 7.66. The minimum atomic E-state index is 0.272. The van der Waals surface area contributed by atoms with Gasteiger partial charge in [0.2, 0.25) is 5.95 Å². The van der Waals surface area contributed by atoms with Crippen molar-refractivity contribution in [2.75, 3.05) is 11.1 Å². The molecular weight excluding hydrogens is 236 g/mol. The first-order valence-electron chi connectivity index (χ1n) is 5.22. The molecule has 2 aromatic rings. The molecule has 5 heteroatoms. The lowest BCUT2D eigenvalue weighted by molar-refractivity contribution is 1.07. The lowest BCUT2D eigenvalue weighted by atomic mass is 10.2. The summed E-state index contributed by atoms with van der Waals surface area (Å²) in [5, 5.41) is 3.95. The first kappa shape index (κ1) is 11.7. The summed E-state index contributed by atoms with van der Waals surface area (Å²) in [5.74, 6) is 1.03. The Balaban J connectivity index is 2.07. The zero-order valence-electron chi connectivity index (χ0n) is 9.44. The number of nitrogens with two attached hydrogens (primary N) is 1. The van der Waals surface area contributed by atoms with Gasteiger partial charge in [0.25, 0.3) is 0 Å². The molecule has 0 unspecified atom stereocenters. The highest BCUT2D eigenvalue weighted by Crippen LogP contribution is 2.14. The van der Waals surface area contributed by atoms with Gasteiger partial charge in [-0.15, -0.1) is 0 Å². The maximum Gasteiger partial charge on any atom is 0.221 e. The number of aromatic nitrogens is 2. The van der Waals surface area contributed by atoms with Crippen molar-refractivity contribution >= 4 is 23.4 Å². The Kier molecular flexibility index (Phi) is 3.44. The standard InChI is InChI=1S/C12H13ClN4/c1-8-6-16-12(14)17-11(8)15-7-9-2-4-10(13)5-3-9/h2-6H,7H2,1H3,(H3,14,15,16,17). The molecule has 0 aliphatic heterocycles. The van der Waals surface area contributed by atoms with Crippen molar-refractivity contribution in [1.82, 2.24) is 9.97 Å². The zero-order chi connectivity index (χ0) is 12.3. The van der Waals surface area contributed by atoms with Crippen LogP contribution in [-0.2, 0) is 6.54 Å². The van der Waals surface area contributed by atoms with Crippen molar-refractivity contribution in [1.29, 1.82) is 0 Å². The fourth-order valence-corrected chi connectivity index (χ4v) is 1.55. The van der Waals surface area contributed by atoms with E-state index in [1.165, 1.54) is 0 Å². The third kappa shape index (κ3) is 3.07. The summed E-state index contributed by atoms with van der Waals surface area (Å²) in [4.78, 5) is 8.05. The van der Waals surface area contributed by atoms with E-state index in [2.05, 4.69) is 15.3 Å². The number of nitrogens with zero attached hydrogens (tertiary/aromatic N) is 2. The number of nitrogen functional groups attached to an aromatic ring is 1. The molecule has 0 atom stereocenters. The molecule has 0 amide bonds. The fourth-order valence-electron chi connectivity index (χ4n) is 1.42. The number of hydrogen-bond donors (Lipinski definition) is 2. The minimum Gasteiger partial charge on any atom is -0.368 e. The third-order valence-corrected chi connectivity index (χ3v) is 2.62. The Morgan fingerprint density at radius 3 is 2.71 bits per heavy atom. The van der Waals surface area contributed by atoms with Crippen LogP contribution in [0.5, 0.6) is 0 Å². The normalized spacial score (nSPS) is 10.2. The first-order chi connectivity index (χ1) is 8.15. The van der Waals surface area contributed by atoms with Gasteiger partial charge in [0.15, 0.2) is 0 Å². The summed E-state index contributed by atoms with van der Waals surface area (Å²) < 4.78 is 0. The van der Waals surface area contributed by atoms with E-state index in [0.717, 1.165) is 22.0 Å².